The van der Waals surface area contributed by atoms with Crippen molar-refractivity contribution in [3.8, 4) is 22.1 Å². The maximum absolute atomic E-state index is 13.1. The minimum absolute atomic E-state index is 0.0855. The third-order valence-corrected chi connectivity index (χ3v) is 6.20. The molecule has 0 spiro atoms. The maximum Gasteiger partial charge on any atom is 0.226 e. The molecule has 0 saturated heterocycles. The molecular weight excluding hydrogens is 444 g/mol. The van der Waals surface area contributed by atoms with Gasteiger partial charge in [0.15, 0.2) is 0 Å². The molecule has 4 aromatic rings. The Balaban J connectivity index is 1.51. The molecule has 0 aliphatic rings. The topological polar surface area (TPSA) is 60.5 Å². The number of hydrogen-bond acceptors (Lipinski definition) is 5. The third-order valence-electron chi connectivity index (χ3n) is 5.27. The van der Waals surface area contributed by atoms with E-state index in [1.807, 2.05) is 98.1 Å². The van der Waals surface area contributed by atoms with E-state index in [4.69, 9.17) is 14.5 Å². The summed E-state index contributed by atoms with van der Waals surface area (Å²) >= 11 is 1.52. The lowest BCUT2D eigenvalue weighted by Gasteiger charge is -2.20. The smallest absolute Gasteiger partial charge is 0.226 e. The number of benzene rings is 3. The quantitative estimate of drug-likeness (QED) is 0.305. The number of rotatable bonds is 10. The molecule has 1 unspecified atom stereocenters. The number of para-hydroxylation sites is 1. The van der Waals surface area contributed by atoms with Crippen LogP contribution < -0.4 is 14.8 Å². The van der Waals surface area contributed by atoms with E-state index >= 15 is 0 Å². The van der Waals surface area contributed by atoms with Gasteiger partial charge in [0.25, 0.3) is 0 Å². The summed E-state index contributed by atoms with van der Waals surface area (Å²) in [5.74, 6) is 1.53. The van der Waals surface area contributed by atoms with Crippen molar-refractivity contribution in [2.45, 2.75) is 26.3 Å². The van der Waals surface area contributed by atoms with Gasteiger partial charge in [0.1, 0.15) is 16.5 Å². The van der Waals surface area contributed by atoms with E-state index in [1.54, 1.807) is 0 Å². The summed E-state index contributed by atoms with van der Waals surface area (Å²) in [6.07, 6.45) is 0.202. The van der Waals surface area contributed by atoms with Crippen LogP contribution in [0.5, 0.6) is 11.5 Å². The summed E-state index contributed by atoms with van der Waals surface area (Å²) < 4.78 is 11.3. The van der Waals surface area contributed by atoms with Crippen LogP contribution in [0.2, 0.25) is 0 Å². The van der Waals surface area contributed by atoms with Crippen LogP contribution in [0.3, 0.4) is 0 Å². The van der Waals surface area contributed by atoms with Crippen molar-refractivity contribution in [1.29, 1.82) is 0 Å². The summed E-state index contributed by atoms with van der Waals surface area (Å²) in [4.78, 5) is 17.8. The van der Waals surface area contributed by atoms with Gasteiger partial charge in [-0.05, 0) is 49.2 Å². The SMILES string of the molecule is CCOc1ccc(C(NC(=O)Cc2csc(-c3ccccc3OCC)n2)c2ccccc2)cc1. The van der Waals surface area contributed by atoms with Gasteiger partial charge in [-0.25, -0.2) is 4.98 Å². The first-order valence-corrected chi connectivity index (χ1v) is 12.3. The van der Waals surface area contributed by atoms with Gasteiger partial charge in [0, 0.05) is 5.38 Å². The number of nitrogens with one attached hydrogen (secondary N) is 1. The van der Waals surface area contributed by atoms with Crippen LogP contribution in [0.4, 0.5) is 0 Å². The zero-order valence-corrected chi connectivity index (χ0v) is 20.2. The maximum atomic E-state index is 13.1. The molecule has 0 fully saturated rings. The molecule has 4 rings (SSSR count). The van der Waals surface area contributed by atoms with Crippen LogP contribution >= 0.6 is 11.3 Å². The molecule has 1 atom stereocenters. The predicted octanol–water partition coefficient (Wildman–Crippen LogP) is 6.06. The first-order chi connectivity index (χ1) is 16.7. The zero-order chi connectivity index (χ0) is 23.8. The van der Waals surface area contributed by atoms with Crippen LogP contribution in [0.25, 0.3) is 10.6 Å². The fourth-order valence-corrected chi connectivity index (χ4v) is 4.59. The Labute approximate surface area is 204 Å². The lowest BCUT2D eigenvalue weighted by molar-refractivity contribution is -0.121. The van der Waals surface area contributed by atoms with Gasteiger partial charge in [-0.15, -0.1) is 11.3 Å². The Morgan fingerprint density at radius 3 is 2.29 bits per heavy atom. The van der Waals surface area contributed by atoms with E-state index in [9.17, 15) is 4.79 Å². The molecule has 1 N–H and O–H groups in total. The number of carbonyl (C=O) groups is 1. The van der Waals surface area contributed by atoms with Crippen molar-refractivity contribution >= 4 is 17.2 Å². The van der Waals surface area contributed by atoms with Gasteiger partial charge in [-0.2, -0.15) is 0 Å². The standard InChI is InChI=1S/C28H28N2O3S/c1-3-32-23-16-14-21(15-17-23)27(20-10-6-5-7-11-20)30-26(31)18-22-19-34-28(29-22)24-12-8-9-13-25(24)33-4-2/h5-17,19,27H,3-4,18H2,1-2H3,(H,30,31). The largest absolute Gasteiger partial charge is 0.494 e. The molecule has 1 aromatic heterocycles. The third kappa shape index (κ3) is 5.83. The van der Waals surface area contributed by atoms with Crippen molar-refractivity contribution in [1.82, 2.24) is 10.3 Å². The predicted molar refractivity (Wildman–Crippen MR) is 136 cm³/mol. The second-order valence-corrected chi connectivity index (χ2v) is 8.52. The fraction of sp³-hybridized carbons (Fsp3) is 0.214. The Bertz CT molecular complexity index is 1210. The molecule has 5 nitrogen and oxygen atoms in total. The first-order valence-electron chi connectivity index (χ1n) is 11.4. The molecule has 0 bridgehead atoms. The van der Waals surface area contributed by atoms with Gasteiger partial charge in [0.2, 0.25) is 5.91 Å². The lowest BCUT2D eigenvalue weighted by atomic mass is 9.98. The molecule has 3 aromatic carbocycles. The van der Waals surface area contributed by atoms with Crippen LogP contribution in [-0.4, -0.2) is 24.1 Å². The summed E-state index contributed by atoms with van der Waals surface area (Å²) in [6.45, 7) is 5.12. The van der Waals surface area contributed by atoms with Gasteiger partial charge in [-0.1, -0.05) is 54.6 Å². The van der Waals surface area contributed by atoms with Crippen molar-refractivity contribution < 1.29 is 14.3 Å². The normalized spacial score (nSPS) is 11.6. The molecule has 0 saturated carbocycles. The molecule has 0 aliphatic carbocycles. The summed E-state index contributed by atoms with van der Waals surface area (Å²) in [5.41, 5.74) is 3.69. The van der Waals surface area contributed by atoms with Crippen LogP contribution in [0.15, 0.2) is 84.2 Å². The molecule has 0 aliphatic heterocycles. The fourth-order valence-electron chi connectivity index (χ4n) is 3.74. The minimum atomic E-state index is -0.263. The van der Waals surface area contributed by atoms with Gasteiger partial charge in [0.05, 0.1) is 36.9 Å². The number of nitrogens with zero attached hydrogens (tertiary/aromatic N) is 1. The molecule has 6 heteroatoms. The number of amides is 1. The molecule has 34 heavy (non-hydrogen) atoms. The van der Waals surface area contributed by atoms with Crippen molar-refractivity contribution in [2.24, 2.45) is 0 Å². The number of thiazole rings is 1. The number of hydrogen-bond donors (Lipinski definition) is 1. The Morgan fingerprint density at radius 2 is 1.56 bits per heavy atom. The monoisotopic (exact) mass is 472 g/mol. The second kappa shape index (κ2) is 11.5. The molecule has 1 heterocycles. The van der Waals surface area contributed by atoms with E-state index in [0.29, 0.717) is 13.2 Å². The highest BCUT2D eigenvalue weighted by atomic mass is 32.1. The highest BCUT2D eigenvalue weighted by Crippen LogP contribution is 2.32. The Morgan fingerprint density at radius 1 is 0.882 bits per heavy atom. The molecule has 0 radical (unpaired) electrons. The van der Waals surface area contributed by atoms with E-state index in [0.717, 1.165) is 38.9 Å². The number of ether oxygens (including phenoxy) is 2. The minimum Gasteiger partial charge on any atom is -0.494 e. The van der Waals surface area contributed by atoms with Crippen LogP contribution in [-0.2, 0) is 11.2 Å². The Kier molecular flexibility index (Phi) is 7.94. The number of carbonyl (C=O) groups excluding carboxylic acids is 1. The van der Waals surface area contributed by atoms with Crippen LogP contribution in [0, 0.1) is 0 Å². The lowest BCUT2D eigenvalue weighted by Crippen LogP contribution is -2.30. The summed E-state index contributed by atoms with van der Waals surface area (Å²) in [6, 6.07) is 25.4. The van der Waals surface area contributed by atoms with Crippen LogP contribution in [0.1, 0.15) is 36.7 Å². The van der Waals surface area contributed by atoms with E-state index in [1.165, 1.54) is 11.3 Å². The first kappa shape index (κ1) is 23.5. The van der Waals surface area contributed by atoms with Gasteiger partial charge < -0.3 is 14.8 Å². The van der Waals surface area contributed by atoms with Gasteiger partial charge in [-0.3, -0.25) is 4.79 Å². The van der Waals surface area contributed by atoms with Crippen molar-refractivity contribution in [3.05, 3.63) is 101 Å². The average Bonchev–Trinajstić information content (AvgIpc) is 3.32. The second-order valence-electron chi connectivity index (χ2n) is 7.66. The van der Waals surface area contributed by atoms with Gasteiger partial charge >= 0.3 is 0 Å². The number of aromatic nitrogens is 1. The summed E-state index contributed by atoms with van der Waals surface area (Å²) in [5, 5.41) is 5.97. The molecule has 174 valence electrons. The average molecular weight is 473 g/mol. The van der Waals surface area contributed by atoms with E-state index < -0.39 is 0 Å². The highest BCUT2D eigenvalue weighted by Gasteiger charge is 2.19. The molecule has 1 amide bonds. The zero-order valence-electron chi connectivity index (χ0n) is 19.4. The van der Waals surface area contributed by atoms with E-state index in [-0.39, 0.29) is 18.4 Å². The highest BCUT2D eigenvalue weighted by molar-refractivity contribution is 7.13. The summed E-state index contributed by atoms with van der Waals surface area (Å²) in [7, 11) is 0. The van der Waals surface area contributed by atoms with Crippen molar-refractivity contribution in [3.63, 3.8) is 0 Å². The Hall–Kier alpha value is -3.64. The van der Waals surface area contributed by atoms with E-state index in [2.05, 4.69) is 5.32 Å². The van der Waals surface area contributed by atoms with Crippen molar-refractivity contribution in [2.75, 3.05) is 13.2 Å². The molecular formula is C28H28N2O3S.